The number of nitriles is 1. The maximum atomic E-state index is 12.8. The van der Waals surface area contributed by atoms with Gasteiger partial charge in [0.1, 0.15) is 22.4 Å². The Hall–Kier alpha value is -2.54. The Morgan fingerprint density at radius 2 is 1.64 bits per heavy atom. The number of benzene rings is 1. The number of allylic oxidation sites excluding steroid dienone is 1. The summed E-state index contributed by atoms with van der Waals surface area (Å²) in [6, 6.07) is 2.33. The van der Waals surface area contributed by atoms with E-state index in [4.69, 9.17) is 17.5 Å². The largest absolute Gasteiger partial charge is 0.510 e. The zero-order valence-corrected chi connectivity index (χ0v) is 13.1. The van der Waals surface area contributed by atoms with E-state index in [1.807, 2.05) is 0 Å². The Balaban J connectivity index is 3.34. The van der Waals surface area contributed by atoms with Gasteiger partial charge in [-0.25, -0.2) is 0 Å². The molecular weight excluding hydrogens is 370 g/mol. The molecule has 0 spiro atoms. The monoisotopic (exact) mass is 380 g/mol. The number of alkyl halides is 6. The highest BCUT2D eigenvalue weighted by atomic mass is 32.1. The summed E-state index contributed by atoms with van der Waals surface area (Å²) >= 11 is 4.77. The second-order valence-corrected chi connectivity index (χ2v) is 5.08. The molecule has 1 rings (SSSR count). The molecule has 3 nitrogen and oxygen atoms in total. The van der Waals surface area contributed by atoms with Gasteiger partial charge in [0.25, 0.3) is 0 Å². The van der Waals surface area contributed by atoms with Crippen molar-refractivity contribution in [3.63, 3.8) is 0 Å². The number of aliphatic hydroxyl groups is 1. The number of halogens is 6. The highest BCUT2D eigenvalue weighted by molar-refractivity contribution is 7.81. The van der Waals surface area contributed by atoms with Crippen LogP contribution in [0.25, 0.3) is 0 Å². The van der Waals surface area contributed by atoms with Crippen LogP contribution in [-0.2, 0) is 12.4 Å². The molecule has 1 aromatic carbocycles. The lowest BCUT2D eigenvalue weighted by molar-refractivity contribution is -0.143. The Bertz CT molecular complexity index is 727. The van der Waals surface area contributed by atoms with Crippen molar-refractivity contribution in [3.8, 4) is 6.07 Å². The predicted molar refractivity (Wildman–Crippen MR) is 82.7 cm³/mol. The van der Waals surface area contributed by atoms with E-state index in [1.54, 1.807) is 0 Å². The smallest absolute Gasteiger partial charge is 0.416 e. The lowest BCUT2D eigenvalue weighted by Gasteiger charge is -2.15. The van der Waals surface area contributed by atoms with E-state index in [9.17, 15) is 31.4 Å². The molecule has 25 heavy (non-hydrogen) atoms. The Morgan fingerprint density at radius 1 is 1.16 bits per heavy atom. The normalized spacial score (nSPS) is 12.8. The molecule has 0 saturated carbocycles. The summed E-state index contributed by atoms with van der Waals surface area (Å²) < 4.78 is 76.7. The van der Waals surface area contributed by atoms with Crippen LogP contribution in [0.3, 0.4) is 0 Å². The molecule has 0 aliphatic carbocycles. The second kappa shape index (κ2) is 7.57. The van der Waals surface area contributed by atoms with Crippen LogP contribution in [0.2, 0.25) is 0 Å². The summed E-state index contributed by atoms with van der Waals surface area (Å²) in [5, 5.41) is 20.7. The maximum Gasteiger partial charge on any atom is 0.416 e. The van der Waals surface area contributed by atoms with Gasteiger partial charge in [-0.3, -0.25) is 0 Å². The van der Waals surface area contributed by atoms with Crippen LogP contribution in [0.15, 0.2) is 42.2 Å². The van der Waals surface area contributed by atoms with E-state index in [2.05, 4.69) is 11.9 Å². The van der Waals surface area contributed by atoms with E-state index in [0.29, 0.717) is 12.1 Å². The van der Waals surface area contributed by atoms with Crippen molar-refractivity contribution in [2.45, 2.75) is 18.8 Å². The first kappa shape index (κ1) is 20.5. The first-order valence-electron chi connectivity index (χ1n) is 6.44. The Kier molecular flexibility index (Phi) is 6.20. The van der Waals surface area contributed by atoms with Gasteiger partial charge in [-0.2, -0.15) is 31.6 Å². The van der Waals surface area contributed by atoms with E-state index < -0.39 is 45.5 Å². The molecule has 0 bridgehead atoms. The van der Waals surface area contributed by atoms with Crippen LogP contribution in [0.5, 0.6) is 0 Å². The molecule has 1 aromatic rings. The summed E-state index contributed by atoms with van der Waals surface area (Å²) in [6.45, 7) is 3.32. The van der Waals surface area contributed by atoms with Crippen molar-refractivity contribution in [3.05, 3.63) is 53.3 Å². The molecule has 0 unspecified atom stereocenters. The van der Waals surface area contributed by atoms with Crippen molar-refractivity contribution < 1.29 is 31.4 Å². The predicted octanol–water partition coefficient (Wildman–Crippen LogP) is 5.38. The number of hydrogen-bond acceptors (Lipinski definition) is 3. The van der Waals surface area contributed by atoms with Gasteiger partial charge >= 0.3 is 12.4 Å². The van der Waals surface area contributed by atoms with E-state index in [-0.39, 0.29) is 12.5 Å². The van der Waals surface area contributed by atoms with Gasteiger partial charge in [-0.15, -0.1) is 6.58 Å². The highest BCUT2D eigenvalue weighted by Gasteiger charge is 2.37. The summed E-state index contributed by atoms with van der Waals surface area (Å²) in [5.41, 5.74) is -4.18. The molecule has 0 heterocycles. The number of nitrogens with one attached hydrogen (secondary N) is 1. The van der Waals surface area contributed by atoms with E-state index in [0.717, 1.165) is 0 Å². The molecule has 0 aliphatic rings. The van der Waals surface area contributed by atoms with Gasteiger partial charge in [0, 0.05) is 12.1 Å². The van der Waals surface area contributed by atoms with Crippen molar-refractivity contribution in [2.75, 3.05) is 5.32 Å². The topological polar surface area (TPSA) is 56.0 Å². The molecule has 0 atom stereocenters. The first-order chi connectivity index (χ1) is 11.4. The summed E-state index contributed by atoms with van der Waals surface area (Å²) in [5.74, 6) is -0.516. The fourth-order valence-corrected chi connectivity index (χ4v) is 1.99. The molecule has 0 fully saturated rings. The third-order valence-corrected chi connectivity index (χ3v) is 3.12. The molecule has 0 aromatic heterocycles. The quantitative estimate of drug-likeness (QED) is 0.184. The molecule has 2 N–H and O–H groups in total. The van der Waals surface area contributed by atoms with Gasteiger partial charge in [0.05, 0.1) is 11.1 Å². The summed E-state index contributed by atoms with van der Waals surface area (Å²) in [4.78, 5) is -0.519. The minimum atomic E-state index is -5.02. The zero-order valence-electron chi connectivity index (χ0n) is 12.3. The molecule has 134 valence electrons. The Labute approximate surface area is 143 Å². The number of aliphatic hydroxyl groups excluding tert-OH is 1. The number of rotatable bonds is 4. The number of hydrogen-bond donors (Lipinski definition) is 2. The summed E-state index contributed by atoms with van der Waals surface area (Å²) in [7, 11) is 0. The molecule has 0 aliphatic heterocycles. The minimum Gasteiger partial charge on any atom is -0.510 e. The molecule has 0 radical (unpaired) electrons. The zero-order chi connectivity index (χ0) is 19.4. The SMILES string of the molecule is C=CC/C(O)=C(\C#N)C(=S)Nc1cc(C(F)(F)F)cc(C(F)(F)F)c1. The van der Waals surface area contributed by atoms with Gasteiger partial charge in [-0.05, 0) is 18.2 Å². The van der Waals surface area contributed by atoms with Crippen LogP contribution < -0.4 is 5.32 Å². The lowest BCUT2D eigenvalue weighted by atomic mass is 10.1. The number of anilines is 1. The van der Waals surface area contributed by atoms with Crippen molar-refractivity contribution in [1.82, 2.24) is 0 Å². The van der Waals surface area contributed by atoms with Gasteiger partial charge < -0.3 is 10.4 Å². The second-order valence-electron chi connectivity index (χ2n) is 4.67. The lowest BCUT2D eigenvalue weighted by Crippen LogP contribution is -2.16. The van der Waals surface area contributed by atoms with Gasteiger partial charge in [0.15, 0.2) is 0 Å². The molecule has 10 heteroatoms. The van der Waals surface area contributed by atoms with Crippen LogP contribution in [-0.4, -0.2) is 10.1 Å². The standard InChI is InChI=1S/C15H10F6N2OS/c1-2-3-12(24)11(7-22)13(25)23-10-5-8(14(16,17)18)4-9(6-10)15(19,20)21/h2,4-6,24H,1,3H2,(H,23,25)/b12-11-. The van der Waals surface area contributed by atoms with E-state index >= 15 is 0 Å². The van der Waals surface area contributed by atoms with Crippen LogP contribution in [0.1, 0.15) is 17.5 Å². The van der Waals surface area contributed by atoms with Crippen molar-refractivity contribution in [2.24, 2.45) is 0 Å². The maximum absolute atomic E-state index is 12.8. The fraction of sp³-hybridized carbons (Fsp3) is 0.200. The third kappa shape index (κ3) is 5.49. The first-order valence-corrected chi connectivity index (χ1v) is 6.85. The third-order valence-electron chi connectivity index (χ3n) is 2.81. The molecular formula is C15H10F6N2OS. The van der Waals surface area contributed by atoms with Crippen LogP contribution in [0, 0.1) is 11.3 Å². The number of nitrogens with zero attached hydrogens (tertiary/aromatic N) is 1. The average Bonchev–Trinajstić information content (AvgIpc) is 2.46. The Morgan fingerprint density at radius 3 is 2.00 bits per heavy atom. The molecule has 0 amide bonds. The average molecular weight is 380 g/mol. The van der Waals surface area contributed by atoms with Gasteiger partial charge in [-0.1, -0.05) is 18.3 Å². The minimum absolute atomic E-state index is 0.0372. The highest BCUT2D eigenvalue weighted by Crippen LogP contribution is 2.37. The van der Waals surface area contributed by atoms with Crippen molar-refractivity contribution >= 4 is 22.9 Å². The fourth-order valence-electron chi connectivity index (χ4n) is 1.71. The van der Waals surface area contributed by atoms with Crippen molar-refractivity contribution in [1.29, 1.82) is 5.26 Å². The van der Waals surface area contributed by atoms with Crippen LogP contribution in [0.4, 0.5) is 32.0 Å². The van der Waals surface area contributed by atoms with E-state index in [1.165, 1.54) is 12.1 Å². The summed E-state index contributed by atoms with van der Waals surface area (Å²) in [6.07, 6.45) is -8.95. The number of thiocarbonyl (C=S) groups is 1. The van der Waals surface area contributed by atoms with Gasteiger partial charge in [0.2, 0.25) is 0 Å². The van der Waals surface area contributed by atoms with Crippen LogP contribution >= 0.6 is 12.2 Å². The molecule has 0 saturated heterocycles.